The zero-order chi connectivity index (χ0) is 22.0. The molecule has 7 heteroatoms. The van der Waals surface area contributed by atoms with Gasteiger partial charge in [0.1, 0.15) is 5.69 Å². The second-order valence-electron chi connectivity index (χ2n) is 6.80. The number of aliphatic carboxylic acids is 1. The number of hydrogen-bond acceptors (Lipinski definition) is 4. The van der Waals surface area contributed by atoms with Gasteiger partial charge >= 0.3 is 5.97 Å². The number of carboxylic acid groups (broad SMARTS) is 1. The highest BCUT2D eigenvalue weighted by atomic mass is 32.2. The second-order valence-corrected chi connectivity index (χ2v) is 8.58. The van der Waals surface area contributed by atoms with Crippen LogP contribution in [0.1, 0.15) is 21.6 Å². The van der Waals surface area contributed by atoms with Crippen molar-refractivity contribution < 1.29 is 23.1 Å². The van der Waals surface area contributed by atoms with E-state index >= 15 is 0 Å². The van der Waals surface area contributed by atoms with E-state index in [-0.39, 0.29) is 16.2 Å². The summed E-state index contributed by atoms with van der Waals surface area (Å²) in [6.07, 6.45) is 2.34. The van der Waals surface area contributed by atoms with E-state index in [4.69, 9.17) is 5.11 Å². The molecule has 0 aliphatic heterocycles. The van der Waals surface area contributed by atoms with Gasteiger partial charge in [0, 0.05) is 17.0 Å². The largest absolute Gasteiger partial charge is 0.478 e. The fourth-order valence-electron chi connectivity index (χ4n) is 3.34. The maximum atomic E-state index is 13.4. The highest BCUT2D eigenvalue weighted by molar-refractivity contribution is 7.90. The van der Waals surface area contributed by atoms with E-state index < -0.39 is 21.8 Å². The summed E-state index contributed by atoms with van der Waals surface area (Å²) in [6.45, 7) is 0. The number of carbonyl (C=O) groups excluding carboxylic acids is 1. The van der Waals surface area contributed by atoms with E-state index in [9.17, 15) is 18.0 Å². The first-order valence-corrected chi connectivity index (χ1v) is 10.8. The monoisotopic (exact) mass is 431 g/mol. The molecule has 1 N–H and O–H groups in total. The summed E-state index contributed by atoms with van der Waals surface area (Å²) in [5, 5.41) is 9.44. The Morgan fingerprint density at radius 3 is 2.29 bits per heavy atom. The van der Waals surface area contributed by atoms with Gasteiger partial charge in [0.2, 0.25) is 5.78 Å². The molecule has 3 aromatic carbocycles. The molecule has 4 rings (SSSR count). The molecule has 0 aliphatic rings. The first kappa shape index (κ1) is 20.3. The van der Waals surface area contributed by atoms with E-state index in [2.05, 4.69) is 0 Å². The molecule has 0 saturated heterocycles. The van der Waals surface area contributed by atoms with E-state index in [1.807, 2.05) is 0 Å². The summed E-state index contributed by atoms with van der Waals surface area (Å²) in [5.74, 6) is -1.59. The SMILES string of the molecule is O=C(O)/C=C/c1cccc(C(=O)c2cc3ccccc3n2S(=O)(=O)c2ccccc2)c1. The summed E-state index contributed by atoms with van der Waals surface area (Å²) in [7, 11) is -4.03. The van der Waals surface area contributed by atoms with E-state index in [0.717, 1.165) is 10.0 Å². The van der Waals surface area contributed by atoms with Crippen molar-refractivity contribution >= 4 is 38.8 Å². The Hall–Kier alpha value is -3.97. The number of fused-ring (bicyclic) bond motifs is 1. The van der Waals surface area contributed by atoms with Crippen LogP contribution in [-0.2, 0) is 14.8 Å². The fraction of sp³-hybridized carbons (Fsp3) is 0. The molecular weight excluding hydrogens is 414 g/mol. The van der Waals surface area contributed by atoms with Crippen molar-refractivity contribution in [3.05, 3.63) is 108 Å². The van der Waals surface area contributed by atoms with Crippen molar-refractivity contribution in [2.24, 2.45) is 0 Å². The Morgan fingerprint density at radius 2 is 1.55 bits per heavy atom. The third kappa shape index (κ3) is 3.91. The number of carbonyl (C=O) groups is 2. The van der Waals surface area contributed by atoms with Gasteiger partial charge in [-0.05, 0) is 42.0 Å². The van der Waals surface area contributed by atoms with Gasteiger partial charge in [-0.2, -0.15) is 0 Å². The lowest BCUT2D eigenvalue weighted by molar-refractivity contribution is -0.131. The average molecular weight is 431 g/mol. The van der Waals surface area contributed by atoms with Gasteiger partial charge in [0.15, 0.2) is 0 Å². The molecule has 0 bridgehead atoms. The molecule has 0 radical (unpaired) electrons. The third-order valence-corrected chi connectivity index (χ3v) is 6.49. The normalized spacial score (nSPS) is 11.7. The van der Waals surface area contributed by atoms with Gasteiger partial charge in [-0.15, -0.1) is 0 Å². The van der Waals surface area contributed by atoms with Crippen molar-refractivity contribution in [3.8, 4) is 0 Å². The molecule has 0 spiro atoms. The van der Waals surface area contributed by atoms with Crippen LogP contribution in [0.2, 0.25) is 0 Å². The van der Waals surface area contributed by atoms with Crippen LogP contribution < -0.4 is 0 Å². The van der Waals surface area contributed by atoms with E-state index in [0.29, 0.717) is 16.5 Å². The van der Waals surface area contributed by atoms with Crippen LogP contribution in [0.4, 0.5) is 0 Å². The topological polar surface area (TPSA) is 93.4 Å². The summed E-state index contributed by atoms with van der Waals surface area (Å²) in [6, 6.07) is 22.7. The number of benzene rings is 3. The van der Waals surface area contributed by atoms with E-state index in [1.54, 1.807) is 66.7 Å². The van der Waals surface area contributed by atoms with Gasteiger partial charge < -0.3 is 5.11 Å². The molecule has 6 nitrogen and oxygen atoms in total. The minimum atomic E-state index is -4.03. The molecule has 4 aromatic rings. The van der Waals surface area contributed by atoms with Crippen molar-refractivity contribution in [1.29, 1.82) is 0 Å². The molecule has 154 valence electrons. The number of ketones is 1. The minimum absolute atomic E-state index is 0.00409. The fourth-order valence-corrected chi connectivity index (χ4v) is 4.88. The van der Waals surface area contributed by atoms with Crippen LogP contribution in [-0.4, -0.2) is 29.2 Å². The van der Waals surface area contributed by atoms with Gasteiger partial charge in [0.05, 0.1) is 10.4 Å². The highest BCUT2D eigenvalue weighted by Crippen LogP contribution is 2.27. The molecule has 0 atom stereocenters. The summed E-state index contributed by atoms with van der Waals surface area (Å²) >= 11 is 0. The lowest BCUT2D eigenvalue weighted by Gasteiger charge is -2.12. The van der Waals surface area contributed by atoms with Crippen molar-refractivity contribution in [2.45, 2.75) is 4.90 Å². The number of aromatic nitrogens is 1. The molecule has 0 saturated carbocycles. The Kier molecular flexibility index (Phi) is 5.27. The Morgan fingerprint density at radius 1 is 0.839 bits per heavy atom. The predicted molar refractivity (Wildman–Crippen MR) is 118 cm³/mol. The first-order valence-electron chi connectivity index (χ1n) is 9.35. The molecule has 0 amide bonds. The number of nitrogens with zero attached hydrogens (tertiary/aromatic N) is 1. The van der Waals surface area contributed by atoms with Crippen LogP contribution in [0.25, 0.3) is 17.0 Å². The van der Waals surface area contributed by atoms with Crippen LogP contribution in [0, 0.1) is 0 Å². The maximum absolute atomic E-state index is 13.4. The van der Waals surface area contributed by atoms with Crippen LogP contribution >= 0.6 is 0 Å². The minimum Gasteiger partial charge on any atom is -0.478 e. The molecule has 0 unspecified atom stereocenters. The summed E-state index contributed by atoms with van der Waals surface area (Å²) < 4.78 is 28.0. The van der Waals surface area contributed by atoms with Crippen LogP contribution in [0.15, 0.2) is 95.9 Å². The maximum Gasteiger partial charge on any atom is 0.328 e. The lowest BCUT2D eigenvalue weighted by Crippen LogP contribution is -2.19. The predicted octanol–water partition coefficient (Wildman–Crippen LogP) is 4.21. The lowest BCUT2D eigenvalue weighted by atomic mass is 10.0. The molecule has 31 heavy (non-hydrogen) atoms. The van der Waals surface area contributed by atoms with Crippen molar-refractivity contribution in [2.75, 3.05) is 0 Å². The number of carboxylic acids is 1. The average Bonchev–Trinajstić information content (AvgIpc) is 3.18. The van der Waals surface area contributed by atoms with Crippen molar-refractivity contribution in [1.82, 2.24) is 3.97 Å². The van der Waals surface area contributed by atoms with Crippen LogP contribution in [0.3, 0.4) is 0 Å². The zero-order valence-corrected chi connectivity index (χ0v) is 17.0. The number of para-hydroxylation sites is 1. The highest BCUT2D eigenvalue weighted by Gasteiger charge is 2.26. The van der Waals surface area contributed by atoms with E-state index in [1.165, 1.54) is 24.3 Å². The van der Waals surface area contributed by atoms with Gasteiger partial charge in [-0.1, -0.05) is 54.6 Å². The zero-order valence-electron chi connectivity index (χ0n) is 16.2. The van der Waals surface area contributed by atoms with Gasteiger partial charge in [0.25, 0.3) is 10.0 Å². The summed E-state index contributed by atoms with van der Waals surface area (Å²) in [5.41, 5.74) is 1.17. The smallest absolute Gasteiger partial charge is 0.328 e. The third-order valence-electron chi connectivity index (χ3n) is 4.75. The quantitative estimate of drug-likeness (QED) is 0.365. The van der Waals surface area contributed by atoms with Crippen LogP contribution in [0.5, 0.6) is 0 Å². The van der Waals surface area contributed by atoms with Gasteiger partial charge in [-0.3, -0.25) is 4.79 Å². The number of rotatable bonds is 6. The first-order chi connectivity index (χ1) is 14.9. The van der Waals surface area contributed by atoms with Crippen molar-refractivity contribution in [3.63, 3.8) is 0 Å². The van der Waals surface area contributed by atoms with Gasteiger partial charge in [-0.25, -0.2) is 17.2 Å². The Balaban J connectivity index is 1.90. The summed E-state index contributed by atoms with van der Waals surface area (Å²) in [4.78, 5) is 24.2. The molecule has 1 heterocycles. The molecule has 1 aromatic heterocycles. The second kappa shape index (κ2) is 8.04. The molecular formula is C24H17NO5S. The number of hydrogen-bond donors (Lipinski definition) is 1. The Bertz CT molecular complexity index is 1430. The molecule has 0 aliphatic carbocycles. The Labute approximate surface area is 178 Å². The standard InChI is InChI=1S/C24H17NO5S/c26-23(27)14-13-17-7-6-9-19(15-17)24(28)22-16-18-8-4-5-12-21(18)25(22)31(29,30)20-10-2-1-3-11-20/h1-16H,(H,26,27)/b14-13+. The molecule has 0 fully saturated rings.